The average Bonchev–Trinajstić information content (AvgIpc) is 3.49. The molecule has 0 saturated carbocycles. The standard InChI is InChI=1S/C28H35N5O2/c1-20-17-21(2)33(29-20)19-27(34)31-15-12-24(13-16-31)32-14-11-23(18-32)28(35)30(3)26-10-6-8-22-7-4-5-9-25(22)26/h4-5,7,9,11,14,17-18,24,26H,6,8,10,12-13,15-16,19H2,1-3H3/t26-/m1/s1. The van der Waals surface area contributed by atoms with E-state index in [1.54, 1.807) is 4.68 Å². The van der Waals surface area contributed by atoms with Gasteiger partial charge in [-0.1, -0.05) is 24.3 Å². The van der Waals surface area contributed by atoms with E-state index in [2.05, 4.69) is 33.9 Å². The van der Waals surface area contributed by atoms with Crippen LogP contribution in [0.3, 0.4) is 0 Å². The second-order valence-electron chi connectivity index (χ2n) is 10.1. The summed E-state index contributed by atoms with van der Waals surface area (Å²) < 4.78 is 3.95. The zero-order valence-corrected chi connectivity index (χ0v) is 21.0. The van der Waals surface area contributed by atoms with Crippen molar-refractivity contribution in [3.05, 3.63) is 76.9 Å². The summed E-state index contributed by atoms with van der Waals surface area (Å²) in [5.41, 5.74) is 5.33. The van der Waals surface area contributed by atoms with Gasteiger partial charge < -0.3 is 14.4 Å². The molecular weight excluding hydrogens is 438 g/mol. The van der Waals surface area contributed by atoms with Crippen molar-refractivity contribution in [3.63, 3.8) is 0 Å². The van der Waals surface area contributed by atoms with Gasteiger partial charge in [0.25, 0.3) is 5.91 Å². The first-order valence-electron chi connectivity index (χ1n) is 12.7. The lowest BCUT2D eigenvalue weighted by Crippen LogP contribution is -2.40. The summed E-state index contributed by atoms with van der Waals surface area (Å²) in [5, 5.41) is 4.42. The van der Waals surface area contributed by atoms with E-state index in [1.807, 2.05) is 55.2 Å². The van der Waals surface area contributed by atoms with E-state index in [4.69, 9.17) is 0 Å². The molecule has 1 aliphatic carbocycles. The monoisotopic (exact) mass is 473 g/mol. The Morgan fingerprint density at radius 1 is 1.09 bits per heavy atom. The van der Waals surface area contributed by atoms with E-state index in [1.165, 1.54) is 11.1 Å². The first-order chi connectivity index (χ1) is 16.9. The first-order valence-corrected chi connectivity index (χ1v) is 12.7. The molecule has 1 aliphatic heterocycles. The van der Waals surface area contributed by atoms with Crippen molar-refractivity contribution in [3.8, 4) is 0 Å². The number of fused-ring (bicyclic) bond motifs is 1. The van der Waals surface area contributed by atoms with Gasteiger partial charge in [0.2, 0.25) is 5.91 Å². The van der Waals surface area contributed by atoms with Crippen LogP contribution in [0.5, 0.6) is 0 Å². The molecule has 1 aromatic carbocycles. The number of aryl methyl sites for hydroxylation is 3. The van der Waals surface area contributed by atoms with Crippen LogP contribution < -0.4 is 0 Å². The Labute approximate surface area is 207 Å². The minimum absolute atomic E-state index is 0.0722. The molecule has 1 saturated heterocycles. The van der Waals surface area contributed by atoms with Gasteiger partial charge in [-0.05, 0) is 69.2 Å². The van der Waals surface area contributed by atoms with Gasteiger partial charge in [-0.25, -0.2) is 0 Å². The van der Waals surface area contributed by atoms with E-state index >= 15 is 0 Å². The number of hydrogen-bond acceptors (Lipinski definition) is 3. The van der Waals surface area contributed by atoms with E-state index < -0.39 is 0 Å². The third kappa shape index (κ3) is 4.77. The summed E-state index contributed by atoms with van der Waals surface area (Å²) in [6.45, 7) is 5.67. The molecule has 1 fully saturated rings. The third-order valence-corrected chi connectivity index (χ3v) is 7.71. The van der Waals surface area contributed by atoms with Gasteiger partial charge in [0, 0.05) is 44.3 Å². The van der Waals surface area contributed by atoms with Crippen LogP contribution in [0.1, 0.15) is 70.6 Å². The van der Waals surface area contributed by atoms with E-state index in [-0.39, 0.29) is 17.9 Å². The Morgan fingerprint density at radius 2 is 1.86 bits per heavy atom. The van der Waals surface area contributed by atoms with Crippen LogP contribution in [0.4, 0.5) is 0 Å². The van der Waals surface area contributed by atoms with Crippen LogP contribution in [0, 0.1) is 13.8 Å². The number of likely N-dealkylation sites (tertiary alicyclic amines) is 1. The van der Waals surface area contributed by atoms with E-state index in [9.17, 15) is 9.59 Å². The fourth-order valence-corrected chi connectivity index (χ4v) is 5.72. The van der Waals surface area contributed by atoms with Crippen molar-refractivity contribution in [1.29, 1.82) is 0 Å². The number of hydrogen-bond donors (Lipinski definition) is 0. The zero-order valence-electron chi connectivity index (χ0n) is 21.0. The highest BCUT2D eigenvalue weighted by molar-refractivity contribution is 5.94. The summed E-state index contributed by atoms with van der Waals surface area (Å²) in [6.07, 6.45) is 8.99. The zero-order chi connectivity index (χ0) is 24.5. The van der Waals surface area contributed by atoms with Crippen LogP contribution in [-0.2, 0) is 17.8 Å². The second kappa shape index (κ2) is 9.72. The maximum Gasteiger partial charge on any atom is 0.255 e. The molecule has 3 heterocycles. The van der Waals surface area contributed by atoms with Crippen molar-refractivity contribution in [2.75, 3.05) is 20.1 Å². The predicted molar refractivity (Wildman–Crippen MR) is 135 cm³/mol. The van der Waals surface area contributed by atoms with Gasteiger partial charge in [-0.2, -0.15) is 5.10 Å². The highest BCUT2D eigenvalue weighted by Crippen LogP contribution is 2.34. The van der Waals surface area contributed by atoms with Crippen LogP contribution in [-0.4, -0.2) is 56.1 Å². The number of aromatic nitrogens is 3. The molecule has 3 aromatic rings. The lowest BCUT2D eigenvalue weighted by Gasteiger charge is -2.33. The largest absolute Gasteiger partial charge is 0.350 e. The Kier molecular flexibility index (Phi) is 6.50. The minimum atomic E-state index is 0.0722. The molecule has 2 aliphatic rings. The maximum atomic E-state index is 13.3. The van der Waals surface area contributed by atoms with Crippen LogP contribution >= 0.6 is 0 Å². The van der Waals surface area contributed by atoms with Crippen molar-refractivity contribution >= 4 is 11.8 Å². The Balaban J connectivity index is 1.19. The smallest absolute Gasteiger partial charge is 0.255 e. The van der Waals surface area contributed by atoms with Crippen LogP contribution in [0.2, 0.25) is 0 Å². The number of carbonyl (C=O) groups is 2. The molecule has 2 aromatic heterocycles. The SMILES string of the molecule is Cc1cc(C)n(CC(=O)N2CCC(n3ccc(C(=O)N(C)[C@@H]4CCCc5ccccc54)c3)CC2)n1. The minimum Gasteiger partial charge on any atom is -0.350 e. The molecule has 5 rings (SSSR count). The second-order valence-corrected chi connectivity index (χ2v) is 10.1. The predicted octanol–water partition coefficient (Wildman–Crippen LogP) is 4.31. The number of benzene rings is 1. The number of piperidine rings is 1. The lowest BCUT2D eigenvalue weighted by molar-refractivity contribution is -0.133. The topological polar surface area (TPSA) is 63.4 Å². The molecule has 184 valence electrons. The Morgan fingerprint density at radius 3 is 2.60 bits per heavy atom. The fourth-order valence-electron chi connectivity index (χ4n) is 5.72. The summed E-state index contributed by atoms with van der Waals surface area (Å²) in [6, 6.07) is 12.9. The summed E-state index contributed by atoms with van der Waals surface area (Å²) in [7, 11) is 1.93. The van der Waals surface area contributed by atoms with Crippen LogP contribution in [0.25, 0.3) is 0 Å². The molecule has 2 amide bonds. The molecule has 7 nitrogen and oxygen atoms in total. The highest BCUT2D eigenvalue weighted by atomic mass is 16.2. The number of rotatable bonds is 5. The van der Waals surface area contributed by atoms with Crippen molar-refractivity contribution < 1.29 is 9.59 Å². The third-order valence-electron chi connectivity index (χ3n) is 7.71. The molecule has 0 spiro atoms. The number of nitrogens with zero attached hydrogens (tertiary/aromatic N) is 5. The molecule has 0 bridgehead atoms. The number of carbonyl (C=O) groups excluding carboxylic acids is 2. The van der Waals surface area contributed by atoms with Gasteiger partial charge >= 0.3 is 0 Å². The molecule has 0 unspecified atom stereocenters. The maximum absolute atomic E-state index is 13.3. The Bertz CT molecular complexity index is 1220. The van der Waals surface area contributed by atoms with Gasteiger partial charge in [0.05, 0.1) is 17.3 Å². The number of amides is 2. The molecule has 35 heavy (non-hydrogen) atoms. The van der Waals surface area contributed by atoms with Crippen molar-refractivity contribution in [1.82, 2.24) is 24.1 Å². The fraction of sp³-hybridized carbons (Fsp3) is 0.464. The van der Waals surface area contributed by atoms with E-state index in [0.717, 1.165) is 62.1 Å². The van der Waals surface area contributed by atoms with Gasteiger partial charge in [0.1, 0.15) is 6.54 Å². The van der Waals surface area contributed by atoms with Gasteiger partial charge in [-0.15, -0.1) is 0 Å². The normalized spacial score (nSPS) is 18.4. The van der Waals surface area contributed by atoms with E-state index in [0.29, 0.717) is 12.6 Å². The Hall–Kier alpha value is -3.35. The molecule has 0 radical (unpaired) electrons. The molecule has 7 heteroatoms. The molecule has 1 atom stereocenters. The first kappa shape index (κ1) is 23.4. The van der Waals surface area contributed by atoms with Gasteiger partial charge in [0.15, 0.2) is 0 Å². The quantitative estimate of drug-likeness (QED) is 0.555. The average molecular weight is 474 g/mol. The van der Waals surface area contributed by atoms with Crippen molar-refractivity contribution in [2.24, 2.45) is 0 Å². The molecular formula is C28H35N5O2. The van der Waals surface area contributed by atoms with Crippen molar-refractivity contribution in [2.45, 2.75) is 64.6 Å². The lowest BCUT2D eigenvalue weighted by atomic mass is 9.87. The highest BCUT2D eigenvalue weighted by Gasteiger charge is 2.29. The summed E-state index contributed by atoms with van der Waals surface area (Å²) in [4.78, 5) is 30.0. The van der Waals surface area contributed by atoms with Gasteiger partial charge in [-0.3, -0.25) is 14.3 Å². The molecule has 0 N–H and O–H groups in total. The summed E-state index contributed by atoms with van der Waals surface area (Å²) >= 11 is 0. The van der Waals surface area contributed by atoms with Crippen LogP contribution in [0.15, 0.2) is 48.8 Å². The summed E-state index contributed by atoms with van der Waals surface area (Å²) in [5.74, 6) is 0.190.